The predicted octanol–water partition coefficient (Wildman–Crippen LogP) is 3.32. The van der Waals surface area contributed by atoms with Crippen molar-refractivity contribution in [3.63, 3.8) is 0 Å². The van der Waals surface area contributed by atoms with E-state index < -0.39 is 47.9 Å². The van der Waals surface area contributed by atoms with Gasteiger partial charge in [0.05, 0.1) is 26.6 Å². The smallest absolute Gasteiger partial charge is 0.342 e. The average Bonchev–Trinajstić information content (AvgIpc) is 3.00. The Labute approximate surface area is 239 Å². The highest BCUT2D eigenvalue weighted by atomic mass is 16.8. The summed E-state index contributed by atoms with van der Waals surface area (Å²) < 4.78 is 28.9. The standard InChI is InChI=1S/C31H37NO9/c1-32-18-7-16-31-30(32,39-26(33)20-29(36,28(35)41-31)21-27(34)40-31)17-19-38-25-11-6-5-10-23(25)9-4-3-8-22-12-14-24(37-2)15-13-22/h5-6,10-15,36H,3-4,7-9,16-21H2,1-2H3. The van der Waals surface area contributed by atoms with Crippen LogP contribution < -0.4 is 9.47 Å². The number of carbonyl (C=O) groups excluding carboxylic acids is 3. The summed E-state index contributed by atoms with van der Waals surface area (Å²) >= 11 is 0. The number of esters is 3. The Balaban J connectivity index is 1.28. The third-order valence-corrected chi connectivity index (χ3v) is 8.28. The number of likely N-dealkylation sites (tertiary alicyclic amines) is 1. The van der Waals surface area contributed by atoms with Gasteiger partial charge in [0.25, 0.3) is 0 Å². The zero-order valence-electron chi connectivity index (χ0n) is 23.6. The number of hydrogen-bond donors (Lipinski definition) is 1. The van der Waals surface area contributed by atoms with Crippen LogP contribution in [0.4, 0.5) is 0 Å². The summed E-state index contributed by atoms with van der Waals surface area (Å²) in [7, 11) is 3.38. The topological polar surface area (TPSA) is 121 Å². The van der Waals surface area contributed by atoms with Gasteiger partial charge in [-0.2, -0.15) is 0 Å². The summed E-state index contributed by atoms with van der Waals surface area (Å²) in [5, 5.41) is 10.8. The number of rotatable bonds is 10. The highest BCUT2D eigenvalue weighted by Gasteiger charge is 2.69. The molecule has 5 rings (SSSR count). The summed E-state index contributed by atoms with van der Waals surface area (Å²) in [6.45, 7) is 0.612. The molecule has 3 aliphatic rings. The van der Waals surface area contributed by atoms with Crippen LogP contribution in [0.5, 0.6) is 11.5 Å². The molecule has 0 aliphatic carbocycles. The molecule has 10 heteroatoms. The lowest BCUT2D eigenvalue weighted by molar-refractivity contribution is -0.352. The highest BCUT2D eigenvalue weighted by Crippen LogP contribution is 2.48. The monoisotopic (exact) mass is 567 g/mol. The van der Waals surface area contributed by atoms with Crippen molar-refractivity contribution in [2.75, 3.05) is 27.3 Å². The van der Waals surface area contributed by atoms with Crippen molar-refractivity contribution in [3.05, 3.63) is 59.7 Å². The van der Waals surface area contributed by atoms with E-state index in [0.29, 0.717) is 18.7 Å². The number of ether oxygens (including phenoxy) is 5. The molecule has 41 heavy (non-hydrogen) atoms. The van der Waals surface area contributed by atoms with E-state index in [2.05, 4.69) is 12.1 Å². The van der Waals surface area contributed by atoms with E-state index in [4.69, 9.17) is 23.7 Å². The van der Waals surface area contributed by atoms with Crippen molar-refractivity contribution in [2.24, 2.45) is 0 Å². The van der Waals surface area contributed by atoms with Crippen LogP contribution in [-0.4, -0.2) is 72.3 Å². The number of likely N-dealkylation sites (N-methyl/N-ethyl adjacent to an activating group) is 1. The molecule has 0 radical (unpaired) electrons. The van der Waals surface area contributed by atoms with Gasteiger partial charge in [0.15, 0.2) is 5.60 Å². The maximum absolute atomic E-state index is 13.0. The van der Waals surface area contributed by atoms with E-state index >= 15 is 0 Å². The molecule has 3 saturated heterocycles. The van der Waals surface area contributed by atoms with Gasteiger partial charge in [-0.15, -0.1) is 0 Å². The number of methoxy groups -OCH3 is 1. The quantitative estimate of drug-likeness (QED) is 0.338. The molecule has 220 valence electrons. The summed E-state index contributed by atoms with van der Waals surface area (Å²) in [4.78, 5) is 40.4. The van der Waals surface area contributed by atoms with Gasteiger partial charge in [-0.1, -0.05) is 30.3 Å². The molecule has 3 unspecified atom stereocenters. The molecule has 3 fully saturated rings. The van der Waals surface area contributed by atoms with Crippen LogP contribution in [0.3, 0.4) is 0 Å². The Hall–Kier alpha value is -3.63. The van der Waals surface area contributed by atoms with Crippen LogP contribution in [0, 0.1) is 0 Å². The first kappa shape index (κ1) is 28.9. The van der Waals surface area contributed by atoms with Crippen molar-refractivity contribution in [1.29, 1.82) is 0 Å². The zero-order chi connectivity index (χ0) is 29.1. The Morgan fingerprint density at radius 1 is 0.927 bits per heavy atom. The summed E-state index contributed by atoms with van der Waals surface area (Å²) in [6.07, 6.45) is 3.10. The molecule has 2 aromatic rings. The number of fused-ring (bicyclic) bond motifs is 2. The van der Waals surface area contributed by atoms with Crippen LogP contribution in [0.1, 0.15) is 56.1 Å². The number of para-hydroxylation sites is 1. The van der Waals surface area contributed by atoms with Crippen molar-refractivity contribution in [1.82, 2.24) is 4.90 Å². The van der Waals surface area contributed by atoms with Gasteiger partial charge in [0.2, 0.25) is 5.72 Å². The number of benzene rings is 2. The first-order valence-electron chi connectivity index (χ1n) is 14.1. The van der Waals surface area contributed by atoms with E-state index in [1.165, 1.54) is 5.56 Å². The van der Waals surface area contributed by atoms with Crippen molar-refractivity contribution in [2.45, 2.75) is 74.9 Å². The van der Waals surface area contributed by atoms with E-state index in [9.17, 15) is 19.5 Å². The second-order valence-electron chi connectivity index (χ2n) is 11.0. The van der Waals surface area contributed by atoms with Gasteiger partial charge in [-0.05, 0) is 68.5 Å². The number of carbonyl (C=O) groups is 3. The Morgan fingerprint density at radius 2 is 1.63 bits per heavy atom. The predicted molar refractivity (Wildman–Crippen MR) is 146 cm³/mol. The van der Waals surface area contributed by atoms with Crippen LogP contribution in [0.2, 0.25) is 0 Å². The molecule has 1 N–H and O–H groups in total. The normalized spacial score (nSPS) is 27.9. The van der Waals surface area contributed by atoms with E-state index in [1.807, 2.05) is 36.4 Å². The molecule has 1 spiro atoms. The number of piperidine rings is 1. The molecule has 3 heterocycles. The minimum Gasteiger partial charge on any atom is -0.497 e. The maximum atomic E-state index is 13.0. The molecule has 0 amide bonds. The maximum Gasteiger partial charge on any atom is 0.342 e. The van der Waals surface area contributed by atoms with Crippen LogP contribution in [0.25, 0.3) is 0 Å². The van der Waals surface area contributed by atoms with Gasteiger partial charge in [0, 0.05) is 19.4 Å². The second kappa shape index (κ2) is 11.7. The van der Waals surface area contributed by atoms with Crippen molar-refractivity contribution >= 4 is 17.9 Å². The molecule has 2 bridgehead atoms. The first-order valence-corrected chi connectivity index (χ1v) is 14.1. The molecular formula is C31H37NO9. The number of unbranched alkanes of at least 4 members (excludes halogenated alkanes) is 1. The molecule has 3 atom stereocenters. The van der Waals surface area contributed by atoms with Gasteiger partial charge >= 0.3 is 23.7 Å². The Bertz CT molecular complexity index is 1280. The van der Waals surface area contributed by atoms with E-state index in [0.717, 1.165) is 37.0 Å². The lowest BCUT2D eigenvalue weighted by atomic mass is 9.87. The fourth-order valence-electron chi connectivity index (χ4n) is 6.05. The molecule has 0 aromatic heterocycles. The average molecular weight is 568 g/mol. The van der Waals surface area contributed by atoms with Gasteiger partial charge in [-0.25, -0.2) is 4.79 Å². The molecule has 10 nitrogen and oxygen atoms in total. The highest BCUT2D eigenvalue weighted by molar-refractivity contribution is 5.92. The zero-order valence-corrected chi connectivity index (χ0v) is 23.6. The third-order valence-electron chi connectivity index (χ3n) is 8.28. The molecule has 2 aromatic carbocycles. The largest absolute Gasteiger partial charge is 0.497 e. The van der Waals surface area contributed by atoms with Crippen LogP contribution >= 0.6 is 0 Å². The lowest BCUT2D eigenvalue weighted by Crippen LogP contribution is -2.72. The van der Waals surface area contributed by atoms with Gasteiger partial charge in [-0.3, -0.25) is 14.5 Å². The molecular weight excluding hydrogens is 530 g/mol. The van der Waals surface area contributed by atoms with Crippen molar-refractivity contribution < 1.29 is 43.2 Å². The summed E-state index contributed by atoms with van der Waals surface area (Å²) in [5.74, 6) is -3.02. The van der Waals surface area contributed by atoms with Crippen LogP contribution in [-0.2, 0) is 41.4 Å². The minimum atomic E-state index is -2.32. The SMILES string of the molecule is COc1ccc(CCCCc2ccccc2OCCC23OC(=O)CC4(O)CC(=O)OC2(CCCN3C)OC4=O)cc1. The first-order chi connectivity index (χ1) is 19.7. The van der Waals surface area contributed by atoms with Crippen molar-refractivity contribution in [3.8, 4) is 11.5 Å². The fourth-order valence-corrected chi connectivity index (χ4v) is 6.05. The van der Waals surface area contributed by atoms with E-state index in [-0.39, 0.29) is 19.4 Å². The number of aliphatic hydroxyl groups is 1. The Morgan fingerprint density at radius 3 is 2.39 bits per heavy atom. The molecule has 3 aliphatic heterocycles. The second-order valence-corrected chi connectivity index (χ2v) is 11.0. The Kier molecular flexibility index (Phi) is 8.24. The fraction of sp³-hybridized carbons (Fsp3) is 0.516. The third kappa shape index (κ3) is 5.76. The number of nitrogens with zero attached hydrogens (tertiary/aromatic N) is 1. The van der Waals surface area contributed by atoms with Gasteiger partial charge in [0.1, 0.15) is 11.5 Å². The van der Waals surface area contributed by atoms with Gasteiger partial charge < -0.3 is 28.8 Å². The minimum absolute atomic E-state index is 0.0695. The summed E-state index contributed by atoms with van der Waals surface area (Å²) in [5.41, 5.74) is -1.61. The summed E-state index contributed by atoms with van der Waals surface area (Å²) in [6, 6.07) is 15.9. The van der Waals surface area contributed by atoms with Crippen LogP contribution in [0.15, 0.2) is 48.5 Å². The lowest BCUT2D eigenvalue weighted by Gasteiger charge is -2.54. The number of aryl methyl sites for hydroxylation is 2. The molecule has 0 saturated carbocycles. The van der Waals surface area contributed by atoms with E-state index in [1.54, 1.807) is 19.1 Å². The number of hydrogen-bond acceptors (Lipinski definition) is 10.